The number of thioether (sulfide) groups is 1. The summed E-state index contributed by atoms with van der Waals surface area (Å²) in [5.41, 5.74) is 1.74. The molecular formula is C10H13O3PS. The van der Waals surface area contributed by atoms with E-state index >= 15 is 0 Å². The molecule has 5 heteroatoms. The van der Waals surface area contributed by atoms with E-state index < -0.39 is 7.60 Å². The zero-order chi connectivity index (χ0) is 11.3. The van der Waals surface area contributed by atoms with Gasteiger partial charge in [0.05, 0.1) is 5.49 Å². The quantitative estimate of drug-likeness (QED) is 0.781. The van der Waals surface area contributed by atoms with Gasteiger partial charge in [-0.1, -0.05) is 36.9 Å². The van der Waals surface area contributed by atoms with Gasteiger partial charge in [0.25, 0.3) is 0 Å². The van der Waals surface area contributed by atoms with Gasteiger partial charge in [0, 0.05) is 5.75 Å². The lowest BCUT2D eigenvalue weighted by Gasteiger charge is -2.06. The first-order valence-electron chi connectivity index (χ1n) is 4.34. The number of hydrogen-bond acceptors (Lipinski definition) is 2. The molecule has 15 heavy (non-hydrogen) atoms. The van der Waals surface area contributed by atoms with Crippen molar-refractivity contribution in [1.82, 2.24) is 0 Å². The fourth-order valence-electron chi connectivity index (χ4n) is 1.04. The average molecular weight is 244 g/mol. The third-order valence-electron chi connectivity index (χ3n) is 1.72. The summed E-state index contributed by atoms with van der Waals surface area (Å²) in [6.45, 7) is 3.87. The first kappa shape index (κ1) is 12.5. The van der Waals surface area contributed by atoms with Gasteiger partial charge in [-0.25, -0.2) is 0 Å². The molecule has 0 heterocycles. The molecule has 1 aromatic carbocycles. The summed E-state index contributed by atoms with van der Waals surface area (Å²) in [7, 11) is -3.89. The molecule has 0 amide bonds. The average Bonchev–Trinajstić information content (AvgIpc) is 2.17. The van der Waals surface area contributed by atoms with Crippen LogP contribution >= 0.6 is 19.4 Å². The predicted octanol–water partition coefficient (Wildman–Crippen LogP) is 2.57. The molecule has 0 aliphatic carbocycles. The van der Waals surface area contributed by atoms with Crippen molar-refractivity contribution in [3.05, 3.63) is 42.5 Å². The van der Waals surface area contributed by atoms with Crippen molar-refractivity contribution in [2.24, 2.45) is 0 Å². The Morgan fingerprint density at radius 3 is 2.47 bits per heavy atom. The molecule has 82 valence electrons. The van der Waals surface area contributed by atoms with Crippen LogP contribution in [0.4, 0.5) is 0 Å². The van der Waals surface area contributed by atoms with Crippen LogP contribution in [0, 0.1) is 0 Å². The zero-order valence-corrected chi connectivity index (χ0v) is 9.88. The summed E-state index contributed by atoms with van der Waals surface area (Å²) in [5.74, 6) is 0.537. The number of rotatable bonds is 5. The molecule has 1 aromatic rings. The van der Waals surface area contributed by atoms with Gasteiger partial charge in [0.15, 0.2) is 0 Å². The van der Waals surface area contributed by atoms with E-state index in [1.165, 1.54) is 11.8 Å². The highest BCUT2D eigenvalue weighted by Crippen LogP contribution is 2.39. The van der Waals surface area contributed by atoms with Crippen LogP contribution in [0.2, 0.25) is 0 Å². The van der Waals surface area contributed by atoms with Crippen molar-refractivity contribution in [2.45, 2.75) is 0 Å². The Bertz CT molecular complexity index is 372. The maximum atomic E-state index is 10.6. The second kappa shape index (κ2) is 5.52. The maximum absolute atomic E-state index is 10.6. The topological polar surface area (TPSA) is 57.5 Å². The van der Waals surface area contributed by atoms with E-state index in [1.54, 1.807) is 0 Å². The summed E-state index contributed by atoms with van der Waals surface area (Å²) >= 11 is 1.20. The van der Waals surface area contributed by atoms with Gasteiger partial charge in [-0.2, -0.15) is 0 Å². The predicted molar refractivity (Wildman–Crippen MR) is 64.8 cm³/mol. The SMILES string of the molecule is C=C(CSCP(=O)(O)O)c1ccccc1. The first-order valence-corrected chi connectivity index (χ1v) is 7.30. The Balaban J connectivity index is 2.41. The fourth-order valence-corrected chi connectivity index (χ4v) is 2.77. The minimum atomic E-state index is -3.89. The van der Waals surface area contributed by atoms with E-state index in [0.29, 0.717) is 5.75 Å². The first-order chi connectivity index (χ1) is 6.99. The lowest BCUT2D eigenvalue weighted by atomic mass is 10.1. The molecule has 0 saturated carbocycles. The minimum absolute atomic E-state index is 0.154. The molecule has 0 aliphatic heterocycles. The zero-order valence-electron chi connectivity index (χ0n) is 8.17. The van der Waals surface area contributed by atoms with Crippen LogP contribution in [0.1, 0.15) is 5.56 Å². The van der Waals surface area contributed by atoms with Gasteiger partial charge in [-0.05, 0) is 11.1 Å². The number of hydrogen-bond donors (Lipinski definition) is 2. The van der Waals surface area contributed by atoms with Crippen molar-refractivity contribution in [1.29, 1.82) is 0 Å². The van der Waals surface area contributed by atoms with E-state index in [4.69, 9.17) is 9.79 Å². The van der Waals surface area contributed by atoms with Gasteiger partial charge in [0.1, 0.15) is 0 Å². The van der Waals surface area contributed by atoms with E-state index in [1.807, 2.05) is 30.3 Å². The summed E-state index contributed by atoms with van der Waals surface area (Å²) in [6.07, 6.45) is 0. The van der Waals surface area contributed by atoms with Crippen LogP contribution in [0.25, 0.3) is 5.57 Å². The molecule has 0 fully saturated rings. The second-order valence-corrected chi connectivity index (χ2v) is 6.17. The Morgan fingerprint density at radius 1 is 1.33 bits per heavy atom. The largest absolute Gasteiger partial charge is 0.335 e. The monoisotopic (exact) mass is 244 g/mol. The van der Waals surface area contributed by atoms with Crippen LogP contribution < -0.4 is 0 Å². The molecule has 3 nitrogen and oxygen atoms in total. The van der Waals surface area contributed by atoms with Gasteiger partial charge in [-0.15, -0.1) is 11.8 Å². The van der Waals surface area contributed by atoms with Crippen LogP contribution in [0.5, 0.6) is 0 Å². The smallest absolute Gasteiger partial charge is 0.324 e. The van der Waals surface area contributed by atoms with Crippen LogP contribution in [0.3, 0.4) is 0 Å². The highest BCUT2D eigenvalue weighted by molar-refractivity contribution is 8.04. The summed E-state index contributed by atoms with van der Waals surface area (Å²) in [4.78, 5) is 17.3. The third kappa shape index (κ3) is 5.19. The molecule has 0 saturated heterocycles. The van der Waals surface area contributed by atoms with Crippen molar-refractivity contribution < 1.29 is 14.4 Å². The van der Waals surface area contributed by atoms with Gasteiger partial charge in [0.2, 0.25) is 0 Å². The highest BCUT2D eigenvalue weighted by atomic mass is 32.2. The molecule has 0 bridgehead atoms. The van der Waals surface area contributed by atoms with E-state index in [0.717, 1.165) is 11.1 Å². The molecule has 0 spiro atoms. The lowest BCUT2D eigenvalue weighted by Crippen LogP contribution is -1.88. The van der Waals surface area contributed by atoms with E-state index in [9.17, 15) is 4.57 Å². The molecule has 0 aliphatic rings. The molecule has 0 atom stereocenters. The highest BCUT2D eigenvalue weighted by Gasteiger charge is 2.12. The second-order valence-electron chi connectivity index (χ2n) is 3.11. The lowest BCUT2D eigenvalue weighted by molar-refractivity contribution is 0.379. The maximum Gasteiger partial charge on any atom is 0.335 e. The molecule has 0 radical (unpaired) electrons. The van der Waals surface area contributed by atoms with Crippen molar-refractivity contribution in [3.63, 3.8) is 0 Å². The Kier molecular flexibility index (Phi) is 4.61. The summed E-state index contributed by atoms with van der Waals surface area (Å²) in [5, 5.41) is 0. The summed E-state index contributed by atoms with van der Waals surface area (Å²) < 4.78 is 10.6. The standard InChI is InChI=1S/C10H13O3PS/c1-9(7-15-8-14(11,12)13)10-5-3-2-4-6-10/h2-6H,1,7-8H2,(H2,11,12,13). The van der Waals surface area contributed by atoms with Crippen molar-refractivity contribution >= 4 is 24.9 Å². The van der Waals surface area contributed by atoms with Gasteiger partial charge in [-0.3, -0.25) is 4.57 Å². The van der Waals surface area contributed by atoms with E-state index in [-0.39, 0.29) is 5.49 Å². The normalized spacial score (nSPS) is 11.3. The summed E-state index contributed by atoms with van der Waals surface area (Å²) in [6, 6.07) is 9.60. The molecule has 2 N–H and O–H groups in total. The van der Waals surface area contributed by atoms with Gasteiger partial charge >= 0.3 is 7.60 Å². The van der Waals surface area contributed by atoms with Crippen LogP contribution in [-0.4, -0.2) is 21.0 Å². The third-order valence-corrected chi connectivity index (χ3v) is 4.35. The van der Waals surface area contributed by atoms with Crippen LogP contribution in [0.15, 0.2) is 36.9 Å². The molecule has 0 unspecified atom stereocenters. The van der Waals surface area contributed by atoms with Gasteiger partial charge < -0.3 is 9.79 Å². The fraction of sp³-hybridized carbons (Fsp3) is 0.200. The van der Waals surface area contributed by atoms with Crippen LogP contribution in [-0.2, 0) is 4.57 Å². The molecule has 1 rings (SSSR count). The Hall–Kier alpha value is -0.540. The Morgan fingerprint density at radius 2 is 1.93 bits per heavy atom. The van der Waals surface area contributed by atoms with Crippen molar-refractivity contribution in [3.8, 4) is 0 Å². The van der Waals surface area contributed by atoms with E-state index in [2.05, 4.69) is 6.58 Å². The molecular weight excluding hydrogens is 231 g/mol. The Labute approximate surface area is 93.4 Å². The number of benzene rings is 1. The minimum Gasteiger partial charge on any atom is -0.324 e. The van der Waals surface area contributed by atoms with Crippen molar-refractivity contribution in [2.75, 3.05) is 11.2 Å². The molecule has 0 aromatic heterocycles.